The van der Waals surface area contributed by atoms with E-state index in [4.69, 9.17) is 4.74 Å². The van der Waals surface area contributed by atoms with Gasteiger partial charge in [0.25, 0.3) is 0 Å². The molecule has 10 heteroatoms. The molecule has 0 fully saturated rings. The fourth-order valence-corrected chi connectivity index (χ4v) is 2.90. The minimum atomic E-state index is -5.79. The molecule has 25 heavy (non-hydrogen) atoms. The summed E-state index contributed by atoms with van der Waals surface area (Å²) in [6.07, 6.45) is 1.06. The number of hydrogen-bond donors (Lipinski definition) is 0. The Morgan fingerprint density at radius 2 is 1.76 bits per heavy atom. The number of ether oxygens (including phenoxy) is 1. The number of esters is 1. The second-order valence-electron chi connectivity index (χ2n) is 4.99. The Labute approximate surface area is 139 Å². The third-order valence-electron chi connectivity index (χ3n) is 3.49. The number of alkyl halides is 3. The van der Waals surface area contributed by atoms with Crippen LogP contribution in [0.4, 0.5) is 13.2 Å². The maximum absolute atomic E-state index is 12.5. The SMILES string of the molecule is COC(=O)c1c2ccccc2n2cc(OS(=O)(=O)C(F)(F)F)ccc12. The molecule has 3 aromatic rings. The molecule has 6 nitrogen and oxygen atoms in total. The number of pyridine rings is 1. The van der Waals surface area contributed by atoms with Gasteiger partial charge in [0.1, 0.15) is 0 Å². The number of benzene rings is 1. The molecule has 0 amide bonds. The highest BCUT2D eigenvalue weighted by Gasteiger charge is 2.48. The van der Waals surface area contributed by atoms with Crippen LogP contribution in [0.15, 0.2) is 42.6 Å². The molecule has 0 saturated carbocycles. The number of para-hydroxylation sites is 1. The number of hydrogen-bond acceptors (Lipinski definition) is 5. The molecule has 0 aliphatic heterocycles. The van der Waals surface area contributed by atoms with Crippen LogP contribution in [0, 0.1) is 0 Å². The molecule has 0 aliphatic rings. The minimum Gasteiger partial charge on any atom is -0.465 e. The Morgan fingerprint density at radius 3 is 2.40 bits per heavy atom. The van der Waals surface area contributed by atoms with Gasteiger partial charge < -0.3 is 13.3 Å². The van der Waals surface area contributed by atoms with Crippen LogP contribution in [-0.2, 0) is 14.9 Å². The van der Waals surface area contributed by atoms with Gasteiger partial charge in [-0.2, -0.15) is 21.6 Å². The van der Waals surface area contributed by atoms with Crippen molar-refractivity contribution in [2.24, 2.45) is 0 Å². The number of carbonyl (C=O) groups is 1. The minimum absolute atomic E-state index is 0.211. The summed E-state index contributed by atoms with van der Waals surface area (Å²) in [4.78, 5) is 12.0. The van der Waals surface area contributed by atoms with Gasteiger partial charge in [0, 0.05) is 5.39 Å². The molecule has 0 atom stereocenters. The van der Waals surface area contributed by atoms with Crippen LogP contribution in [0.25, 0.3) is 16.4 Å². The smallest absolute Gasteiger partial charge is 0.465 e. The molecule has 0 radical (unpaired) electrons. The number of halogens is 3. The van der Waals surface area contributed by atoms with E-state index in [-0.39, 0.29) is 5.56 Å². The second-order valence-corrected chi connectivity index (χ2v) is 6.52. The Kier molecular flexibility index (Phi) is 3.87. The summed E-state index contributed by atoms with van der Waals surface area (Å²) in [6.45, 7) is 0. The van der Waals surface area contributed by atoms with Gasteiger partial charge in [-0.3, -0.25) is 0 Å². The van der Waals surface area contributed by atoms with Gasteiger partial charge in [0.15, 0.2) is 5.75 Å². The number of fused-ring (bicyclic) bond motifs is 3. The maximum atomic E-state index is 12.5. The van der Waals surface area contributed by atoms with Crippen molar-refractivity contribution in [3.8, 4) is 5.75 Å². The average Bonchev–Trinajstić information content (AvgIpc) is 2.87. The largest absolute Gasteiger partial charge is 0.534 e. The fraction of sp³-hybridized carbons (Fsp3) is 0.133. The zero-order valence-electron chi connectivity index (χ0n) is 12.6. The van der Waals surface area contributed by atoms with E-state index in [9.17, 15) is 26.4 Å². The zero-order chi connectivity index (χ0) is 18.4. The number of methoxy groups -OCH3 is 1. The van der Waals surface area contributed by atoms with Crippen molar-refractivity contribution >= 4 is 32.5 Å². The predicted octanol–water partition coefficient (Wildman–Crippen LogP) is 3.11. The highest BCUT2D eigenvalue weighted by molar-refractivity contribution is 7.88. The van der Waals surface area contributed by atoms with E-state index in [2.05, 4.69) is 4.18 Å². The molecule has 0 bridgehead atoms. The fourth-order valence-electron chi connectivity index (χ4n) is 2.46. The first-order valence-corrected chi connectivity index (χ1v) is 8.18. The first-order valence-electron chi connectivity index (χ1n) is 6.77. The summed E-state index contributed by atoms with van der Waals surface area (Å²) in [5.41, 5.74) is -4.52. The lowest BCUT2D eigenvalue weighted by molar-refractivity contribution is -0.0500. The van der Waals surface area contributed by atoms with E-state index in [0.29, 0.717) is 16.4 Å². The molecule has 0 spiro atoms. The number of nitrogens with zero attached hydrogens (tertiary/aromatic N) is 1. The first kappa shape index (κ1) is 17.1. The van der Waals surface area contributed by atoms with Crippen molar-refractivity contribution in [1.82, 2.24) is 4.40 Å². The lowest BCUT2D eigenvalue weighted by atomic mass is 10.1. The summed E-state index contributed by atoms with van der Waals surface area (Å²) in [7, 11) is -4.59. The predicted molar refractivity (Wildman–Crippen MR) is 81.8 cm³/mol. The molecule has 2 aromatic heterocycles. The molecule has 1 aromatic carbocycles. The number of carbonyl (C=O) groups excluding carboxylic acids is 1. The molecule has 3 rings (SSSR count). The van der Waals surface area contributed by atoms with E-state index in [0.717, 1.165) is 12.3 Å². The lowest BCUT2D eigenvalue weighted by Crippen LogP contribution is -2.28. The third-order valence-corrected chi connectivity index (χ3v) is 4.47. The van der Waals surface area contributed by atoms with Crippen LogP contribution in [-0.4, -0.2) is 31.4 Å². The standard InChI is InChI=1S/C15H10F3NO5S/c1-23-14(20)13-10-4-2-3-5-11(10)19-8-9(6-7-12(13)19)24-25(21,22)15(16,17)18/h2-8H,1H3. The van der Waals surface area contributed by atoms with E-state index in [1.165, 1.54) is 17.6 Å². The molecule has 0 aliphatic carbocycles. The van der Waals surface area contributed by atoms with Crippen LogP contribution in [0.3, 0.4) is 0 Å². The normalized spacial score (nSPS) is 12.5. The topological polar surface area (TPSA) is 74.1 Å². The van der Waals surface area contributed by atoms with E-state index in [1.54, 1.807) is 24.3 Å². The van der Waals surface area contributed by atoms with Gasteiger partial charge in [-0.1, -0.05) is 18.2 Å². The Balaban J connectivity index is 2.22. The highest BCUT2D eigenvalue weighted by Crippen LogP contribution is 2.31. The molecular weight excluding hydrogens is 363 g/mol. The second kappa shape index (κ2) is 5.66. The van der Waals surface area contributed by atoms with E-state index < -0.39 is 27.3 Å². The van der Waals surface area contributed by atoms with Crippen LogP contribution in [0.1, 0.15) is 10.4 Å². The van der Waals surface area contributed by atoms with Gasteiger partial charge in [-0.15, -0.1) is 0 Å². The van der Waals surface area contributed by atoms with Crippen molar-refractivity contribution < 1.29 is 35.3 Å². The van der Waals surface area contributed by atoms with Crippen LogP contribution in [0.5, 0.6) is 5.75 Å². The lowest BCUT2D eigenvalue weighted by Gasteiger charge is -2.10. The van der Waals surface area contributed by atoms with Gasteiger partial charge >= 0.3 is 21.6 Å². The van der Waals surface area contributed by atoms with Crippen LogP contribution >= 0.6 is 0 Å². The molecule has 0 saturated heterocycles. The van der Waals surface area contributed by atoms with Crippen molar-refractivity contribution in [3.05, 3.63) is 48.2 Å². The first-order chi connectivity index (χ1) is 11.7. The van der Waals surface area contributed by atoms with Crippen molar-refractivity contribution in [2.75, 3.05) is 7.11 Å². The van der Waals surface area contributed by atoms with Gasteiger partial charge in [-0.25, -0.2) is 4.79 Å². The van der Waals surface area contributed by atoms with Gasteiger partial charge in [0.05, 0.1) is 29.9 Å². The van der Waals surface area contributed by atoms with E-state index >= 15 is 0 Å². The molecule has 2 heterocycles. The van der Waals surface area contributed by atoms with Crippen LogP contribution in [0.2, 0.25) is 0 Å². The van der Waals surface area contributed by atoms with Crippen LogP contribution < -0.4 is 4.18 Å². The zero-order valence-corrected chi connectivity index (χ0v) is 13.4. The summed E-state index contributed by atoms with van der Waals surface area (Å²) in [6, 6.07) is 8.92. The average molecular weight is 373 g/mol. The van der Waals surface area contributed by atoms with Gasteiger partial charge in [-0.05, 0) is 18.2 Å². The monoisotopic (exact) mass is 373 g/mol. The summed E-state index contributed by atoms with van der Waals surface area (Å²) in [5.74, 6) is -1.17. The Bertz CT molecular complexity index is 1090. The Hall–Kier alpha value is -2.75. The quantitative estimate of drug-likeness (QED) is 0.401. The summed E-state index contributed by atoms with van der Waals surface area (Å²) >= 11 is 0. The molecule has 0 N–H and O–H groups in total. The molecule has 0 unspecified atom stereocenters. The third kappa shape index (κ3) is 2.78. The highest BCUT2D eigenvalue weighted by atomic mass is 32.2. The van der Waals surface area contributed by atoms with Gasteiger partial charge in [0.2, 0.25) is 0 Å². The summed E-state index contributed by atoms with van der Waals surface area (Å²) < 4.78 is 69.9. The van der Waals surface area contributed by atoms with Crippen molar-refractivity contribution in [1.29, 1.82) is 0 Å². The summed E-state index contributed by atoms with van der Waals surface area (Å²) in [5, 5.41) is 0.505. The van der Waals surface area contributed by atoms with Crippen molar-refractivity contribution in [2.45, 2.75) is 5.51 Å². The van der Waals surface area contributed by atoms with Crippen molar-refractivity contribution in [3.63, 3.8) is 0 Å². The molecule has 132 valence electrons. The number of rotatable bonds is 3. The van der Waals surface area contributed by atoms with E-state index in [1.807, 2.05) is 0 Å². The Morgan fingerprint density at radius 1 is 1.08 bits per heavy atom. The maximum Gasteiger partial charge on any atom is 0.534 e. The molecular formula is C15H10F3NO5S. The number of aromatic nitrogens is 1.